The summed E-state index contributed by atoms with van der Waals surface area (Å²) in [4.78, 5) is 0. The maximum Gasteiger partial charge on any atom is 0.269 e. The molecule has 1 heterocycles. The molecule has 0 bridgehead atoms. The SMILES string of the molecule is CC(C)c1cccc(C(C)C)c1-n1[c-][n+](-c2c(C(C)C)cccc2C(C)C)c(-c2ccccc2)c1. The highest BCUT2D eigenvalue weighted by Crippen LogP contribution is 2.34. The first-order chi connectivity index (χ1) is 16.7. The van der Waals surface area contributed by atoms with E-state index in [0.717, 1.165) is 5.69 Å². The summed E-state index contributed by atoms with van der Waals surface area (Å²) in [5.74, 6) is 1.65. The first-order valence-electron chi connectivity index (χ1n) is 13.1. The van der Waals surface area contributed by atoms with Crippen LogP contribution in [0.2, 0.25) is 0 Å². The molecule has 1 aromatic heterocycles. The van der Waals surface area contributed by atoms with Gasteiger partial charge in [-0.15, -0.1) is 0 Å². The van der Waals surface area contributed by atoms with Crippen molar-refractivity contribution in [3.05, 3.63) is 102 Å². The number of imidazole rings is 1. The van der Waals surface area contributed by atoms with Crippen LogP contribution in [-0.4, -0.2) is 4.57 Å². The molecule has 0 aliphatic carbocycles. The van der Waals surface area contributed by atoms with E-state index in [1.165, 1.54) is 39.2 Å². The molecule has 0 fully saturated rings. The number of hydrogen-bond acceptors (Lipinski definition) is 0. The monoisotopic (exact) mass is 464 g/mol. The lowest BCUT2D eigenvalue weighted by molar-refractivity contribution is -0.589. The standard InChI is InChI=1S/C33H40N2/c1-22(2)27-16-12-17-28(23(3)4)32(27)34-20-31(26-14-10-9-11-15-26)35(21-34)33-29(24(5)6)18-13-19-30(33)25(7)8/h9-20,22-25H,1-8H3. The summed E-state index contributed by atoms with van der Waals surface area (Å²) in [7, 11) is 0. The molecule has 0 unspecified atom stereocenters. The van der Waals surface area contributed by atoms with Crippen molar-refractivity contribution < 1.29 is 4.57 Å². The maximum atomic E-state index is 3.83. The molecule has 0 atom stereocenters. The Bertz CT molecular complexity index is 1240. The van der Waals surface area contributed by atoms with Gasteiger partial charge in [0.15, 0.2) is 0 Å². The molecule has 0 radical (unpaired) electrons. The summed E-state index contributed by atoms with van der Waals surface area (Å²) in [5.41, 5.74) is 10.3. The van der Waals surface area contributed by atoms with Crippen LogP contribution in [0, 0.1) is 6.33 Å². The van der Waals surface area contributed by atoms with E-state index in [1.807, 2.05) is 0 Å². The van der Waals surface area contributed by atoms with E-state index in [2.05, 4.69) is 144 Å². The van der Waals surface area contributed by atoms with Gasteiger partial charge in [-0.1, -0.05) is 122 Å². The number of hydrogen-bond donors (Lipinski definition) is 0. The predicted octanol–water partition coefficient (Wildman–Crippen LogP) is 8.71. The molecule has 0 N–H and O–H groups in total. The van der Waals surface area contributed by atoms with Crippen LogP contribution in [-0.2, 0) is 0 Å². The third-order valence-corrected chi connectivity index (χ3v) is 6.92. The van der Waals surface area contributed by atoms with Crippen LogP contribution in [0.3, 0.4) is 0 Å². The molecule has 3 aromatic carbocycles. The van der Waals surface area contributed by atoms with E-state index in [-0.39, 0.29) is 0 Å². The lowest BCUT2D eigenvalue weighted by atomic mass is 9.92. The zero-order chi connectivity index (χ0) is 25.3. The van der Waals surface area contributed by atoms with Gasteiger partial charge in [-0.3, -0.25) is 9.13 Å². The van der Waals surface area contributed by atoms with Crippen molar-refractivity contribution in [1.82, 2.24) is 4.57 Å². The summed E-state index contributed by atoms with van der Waals surface area (Å²) in [6, 6.07) is 24.2. The maximum absolute atomic E-state index is 3.83. The first-order valence-corrected chi connectivity index (χ1v) is 13.1. The summed E-state index contributed by atoms with van der Waals surface area (Å²) in [5, 5.41) is 0. The van der Waals surface area contributed by atoms with Gasteiger partial charge in [-0.2, -0.15) is 0 Å². The number of aromatic nitrogens is 2. The molecular weight excluding hydrogens is 424 g/mol. The average molecular weight is 465 g/mol. The largest absolute Gasteiger partial charge is 0.298 e. The van der Waals surface area contributed by atoms with Crippen molar-refractivity contribution in [3.8, 4) is 22.6 Å². The van der Waals surface area contributed by atoms with Crippen molar-refractivity contribution >= 4 is 0 Å². The van der Waals surface area contributed by atoms with E-state index in [1.54, 1.807) is 0 Å². The number of rotatable bonds is 7. The highest BCUT2D eigenvalue weighted by Gasteiger charge is 2.23. The van der Waals surface area contributed by atoms with Crippen LogP contribution >= 0.6 is 0 Å². The molecule has 0 saturated heterocycles. The minimum atomic E-state index is 0.408. The minimum absolute atomic E-state index is 0.408. The smallest absolute Gasteiger partial charge is 0.269 e. The lowest BCUT2D eigenvalue weighted by Gasteiger charge is -2.22. The van der Waals surface area contributed by atoms with Crippen LogP contribution < -0.4 is 4.57 Å². The molecule has 182 valence electrons. The highest BCUT2D eigenvalue weighted by molar-refractivity contribution is 5.59. The third-order valence-electron chi connectivity index (χ3n) is 6.92. The Hall–Kier alpha value is -3.13. The Labute approximate surface area is 212 Å². The molecule has 4 aromatic rings. The van der Waals surface area contributed by atoms with E-state index in [4.69, 9.17) is 0 Å². The van der Waals surface area contributed by atoms with E-state index in [9.17, 15) is 0 Å². The fourth-order valence-corrected chi connectivity index (χ4v) is 5.03. The van der Waals surface area contributed by atoms with Crippen LogP contribution in [0.15, 0.2) is 72.9 Å². The fraction of sp³-hybridized carbons (Fsp3) is 0.364. The Kier molecular flexibility index (Phi) is 7.31. The van der Waals surface area contributed by atoms with Crippen LogP contribution in [0.4, 0.5) is 0 Å². The van der Waals surface area contributed by atoms with Crippen LogP contribution in [0.5, 0.6) is 0 Å². The molecule has 0 saturated carbocycles. The van der Waals surface area contributed by atoms with Crippen molar-refractivity contribution in [2.45, 2.75) is 79.1 Å². The first kappa shape index (κ1) is 25.0. The van der Waals surface area contributed by atoms with E-state index >= 15 is 0 Å². The predicted molar refractivity (Wildman–Crippen MR) is 148 cm³/mol. The summed E-state index contributed by atoms with van der Waals surface area (Å²) < 4.78 is 4.58. The molecule has 0 amide bonds. The molecule has 35 heavy (non-hydrogen) atoms. The Morgan fingerprint density at radius 1 is 0.571 bits per heavy atom. The zero-order valence-corrected chi connectivity index (χ0v) is 22.6. The average Bonchev–Trinajstić information content (AvgIpc) is 3.28. The van der Waals surface area contributed by atoms with Gasteiger partial charge < -0.3 is 0 Å². The molecule has 2 heteroatoms. The van der Waals surface area contributed by atoms with Gasteiger partial charge in [0.25, 0.3) is 6.33 Å². The number of benzene rings is 3. The Balaban J connectivity index is 2.10. The topological polar surface area (TPSA) is 8.81 Å². The van der Waals surface area contributed by atoms with Gasteiger partial charge in [0, 0.05) is 6.20 Å². The van der Waals surface area contributed by atoms with Gasteiger partial charge in [0.05, 0.1) is 17.1 Å². The van der Waals surface area contributed by atoms with Gasteiger partial charge in [-0.25, -0.2) is 0 Å². The normalized spacial score (nSPS) is 11.9. The second kappa shape index (κ2) is 10.2. The van der Waals surface area contributed by atoms with Gasteiger partial charge in [0.1, 0.15) is 0 Å². The van der Waals surface area contributed by atoms with Crippen molar-refractivity contribution in [2.75, 3.05) is 0 Å². The molecule has 4 rings (SSSR count). The summed E-state index contributed by atoms with van der Waals surface area (Å²) >= 11 is 0. The molecule has 0 spiro atoms. The number of para-hydroxylation sites is 2. The van der Waals surface area contributed by atoms with Gasteiger partial charge in [-0.05, 0) is 51.5 Å². The zero-order valence-electron chi connectivity index (χ0n) is 22.6. The number of nitrogens with zero attached hydrogens (tertiary/aromatic N) is 2. The van der Waals surface area contributed by atoms with E-state index in [0.29, 0.717) is 23.7 Å². The highest BCUT2D eigenvalue weighted by atomic mass is 15.1. The Morgan fingerprint density at radius 3 is 1.49 bits per heavy atom. The summed E-state index contributed by atoms with van der Waals surface area (Å²) in [6.45, 7) is 18.3. The third kappa shape index (κ3) is 4.85. The molecule has 0 aliphatic heterocycles. The lowest BCUT2D eigenvalue weighted by Crippen LogP contribution is -2.35. The fourth-order valence-electron chi connectivity index (χ4n) is 5.03. The second-order valence-electron chi connectivity index (χ2n) is 10.9. The van der Waals surface area contributed by atoms with Gasteiger partial charge >= 0.3 is 0 Å². The minimum Gasteiger partial charge on any atom is -0.298 e. The van der Waals surface area contributed by atoms with E-state index < -0.39 is 0 Å². The quantitative estimate of drug-likeness (QED) is 0.191. The van der Waals surface area contributed by atoms with Crippen molar-refractivity contribution in [1.29, 1.82) is 0 Å². The van der Waals surface area contributed by atoms with Gasteiger partial charge in [0.2, 0.25) is 0 Å². The molecule has 2 nitrogen and oxygen atoms in total. The Morgan fingerprint density at radius 2 is 1.03 bits per heavy atom. The van der Waals surface area contributed by atoms with Crippen LogP contribution in [0.1, 0.15) is 101 Å². The second-order valence-corrected chi connectivity index (χ2v) is 10.9. The molecular formula is C33H40N2. The van der Waals surface area contributed by atoms with Crippen LogP contribution in [0.25, 0.3) is 22.6 Å². The molecule has 0 aliphatic rings. The van der Waals surface area contributed by atoms with Crippen molar-refractivity contribution in [3.63, 3.8) is 0 Å². The van der Waals surface area contributed by atoms with Crippen molar-refractivity contribution in [2.24, 2.45) is 0 Å². The summed E-state index contributed by atoms with van der Waals surface area (Å²) in [6.07, 6.45) is 6.11.